The monoisotopic (exact) mass is 218 g/mol. The van der Waals surface area contributed by atoms with Crippen LogP contribution in [-0.4, -0.2) is 4.98 Å². The second-order valence-electron chi connectivity index (χ2n) is 2.49. The smallest absolute Gasteiger partial charge is 0.265 e. The summed E-state index contributed by atoms with van der Waals surface area (Å²) in [7, 11) is 0. The molecule has 1 aromatic rings. The summed E-state index contributed by atoms with van der Waals surface area (Å²) in [5.74, 6) is -0.182. The number of aromatic amines is 1. The molecule has 0 aliphatic heterocycles. The van der Waals surface area contributed by atoms with E-state index in [4.69, 9.17) is 16.9 Å². The first-order valence-electron chi connectivity index (χ1n) is 3.60. The van der Waals surface area contributed by atoms with Crippen LogP contribution < -0.4 is 5.56 Å². The predicted molar refractivity (Wildman–Crippen MR) is 46.3 cm³/mol. The number of H-pyrrole nitrogens is 1. The van der Waals surface area contributed by atoms with Gasteiger partial charge in [0.05, 0.1) is 17.1 Å². The van der Waals surface area contributed by atoms with Gasteiger partial charge in [0.2, 0.25) is 5.56 Å². The maximum atomic E-state index is 12.4. The summed E-state index contributed by atoms with van der Waals surface area (Å²) >= 11 is 5.39. The SMILES string of the molecule is N#Cc1c(C(F)F)cc(=O)[nH]c1CCl. The zero-order valence-corrected chi connectivity index (χ0v) is 7.61. The Bertz CT molecular complexity index is 436. The number of hydrogen-bond donors (Lipinski definition) is 1. The molecule has 0 aliphatic carbocycles. The molecule has 0 radical (unpaired) electrons. The van der Waals surface area contributed by atoms with Gasteiger partial charge in [0, 0.05) is 11.6 Å². The molecule has 0 unspecified atom stereocenters. The summed E-state index contributed by atoms with van der Waals surface area (Å²) in [5, 5.41) is 8.61. The van der Waals surface area contributed by atoms with Crippen LogP contribution in [0.4, 0.5) is 8.78 Å². The maximum absolute atomic E-state index is 12.4. The maximum Gasteiger partial charge on any atom is 0.265 e. The fraction of sp³-hybridized carbons (Fsp3) is 0.250. The summed E-state index contributed by atoms with van der Waals surface area (Å²) in [5.41, 5.74) is -1.49. The van der Waals surface area contributed by atoms with Gasteiger partial charge >= 0.3 is 0 Å². The fourth-order valence-corrected chi connectivity index (χ4v) is 1.24. The van der Waals surface area contributed by atoms with Crippen LogP contribution in [0.15, 0.2) is 10.9 Å². The highest BCUT2D eigenvalue weighted by molar-refractivity contribution is 6.17. The molecule has 74 valence electrons. The first-order valence-corrected chi connectivity index (χ1v) is 4.14. The second kappa shape index (κ2) is 4.20. The van der Waals surface area contributed by atoms with Gasteiger partial charge < -0.3 is 4.98 Å². The van der Waals surface area contributed by atoms with Crippen LogP contribution in [0, 0.1) is 11.3 Å². The van der Waals surface area contributed by atoms with Crippen LogP contribution in [0.1, 0.15) is 23.2 Å². The third-order valence-electron chi connectivity index (χ3n) is 1.63. The van der Waals surface area contributed by atoms with E-state index in [-0.39, 0.29) is 17.1 Å². The summed E-state index contributed by atoms with van der Waals surface area (Å²) in [4.78, 5) is 13.1. The van der Waals surface area contributed by atoms with Crippen molar-refractivity contribution in [2.75, 3.05) is 0 Å². The van der Waals surface area contributed by atoms with Crippen molar-refractivity contribution in [1.29, 1.82) is 5.26 Å². The summed E-state index contributed by atoms with van der Waals surface area (Å²) in [6.45, 7) is 0. The van der Waals surface area contributed by atoms with Crippen molar-refractivity contribution in [3.8, 4) is 6.07 Å². The molecule has 0 saturated carbocycles. The first kappa shape index (κ1) is 10.7. The van der Waals surface area contributed by atoms with E-state index in [0.717, 1.165) is 0 Å². The van der Waals surface area contributed by atoms with Crippen LogP contribution >= 0.6 is 11.6 Å². The molecule has 1 heterocycles. The van der Waals surface area contributed by atoms with Gasteiger partial charge in [0.25, 0.3) is 6.43 Å². The number of rotatable bonds is 2. The van der Waals surface area contributed by atoms with Crippen LogP contribution in [0.25, 0.3) is 0 Å². The molecular formula is C8H5ClF2N2O. The standard InChI is InChI=1S/C8H5ClF2N2O/c9-2-6-5(3-12)4(8(10)11)1-7(14)13-6/h1,8H,2H2,(H,13,14). The number of hydrogen-bond acceptors (Lipinski definition) is 2. The number of nitrogens with zero attached hydrogens (tertiary/aromatic N) is 1. The molecule has 1 N–H and O–H groups in total. The Morgan fingerprint density at radius 3 is 2.71 bits per heavy atom. The van der Waals surface area contributed by atoms with E-state index in [9.17, 15) is 13.6 Å². The van der Waals surface area contributed by atoms with Crippen LogP contribution in [0.5, 0.6) is 0 Å². The molecule has 1 rings (SSSR count). The van der Waals surface area contributed by atoms with Crippen molar-refractivity contribution >= 4 is 11.6 Å². The molecule has 0 aromatic carbocycles. The van der Waals surface area contributed by atoms with Crippen LogP contribution in [0.2, 0.25) is 0 Å². The summed E-state index contributed by atoms with van der Waals surface area (Å²) < 4.78 is 24.7. The Hall–Kier alpha value is -1.41. The van der Waals surface area contributed by atoms with Gasteiger partial charge in [-0.25, -0.2) is 8.78 Å². The van der Waals surface area contributed by atoms with Crippen molar-refractivity contribution in [1.82, 2.24) is 4.98 Å². The molecule has 3 nitrogen and oxygen atoms in total. The summed E-state index contributed by atoms with van der Waals surface area (Å²) in [6.07, 6.45) is -2.85. The largest absolute Gasteiger partial charge is 0.324 e. The minimum atomic E-state index is -2.85. The molecular weight excluding hydrogens is 214 g/mol. The molecule has 0 amide bonds. The Morgan fingerprint density at radius 2 is 2.29 bits per heavy atom. The van der Waals surface area contributed by atoms with E-state index in [1.54, 1.807) is 6.07 Å². The fourth-order valence-electron chi connectivity index (χ4n) is 1.04. The van der Waals surface area contributed by atoms with E-state index in [2.05, 4.69) is 4.98 Å². The number of nitrogens with one attached hydrogen (secondary N) is 1. The van der Waals surface area contributed by atoms with Gasteiger partial charge in [-0.3, -0.25) is 4.79 Å². The molecule has 1 aromatic heterocycles. The van der Waals surface area contributed by atoms with E-state index in [1.165, 1.54) is 0 Å². The van der Waals surface area contributed by atoms with Gasteiger partial charge in [-0.1, -0.05) is 0 Å². The Morgan fingerprint density at radius 1 is 1.64 bits per heavy atom. The molecule has 0 saturated heterocycles. The predicted octanol–water partition coefficient (Wildman–Crippen LogP) is 1.92. The normalized spacial score (nSPS) is 10.2. The second-order valence-corrected chi connectivity index (χ2v) is 2.76. The van der Waals surface area contributed by atoms with Crippen molar-refractivity contribution in [2.24, 2.45) is 0 Å². The highest BCUT2D eigenvalue weighted by Crippen LogP contribution is 2.22. The molecule has 6 heteroatoms. The number of aromatic nitrogens is 1. The van der Waals surface area contributed by atoms with E-state index >= 15 is 0 Å². The lowest BCUT2D eigenvalue weighted by molar-refractivity contribution is 0.150. The van der Waals surface area contributed by atoms with Gasteiger partial charge in [0.15, 0.2) is 0 Å². The minimum absolute atomic E-state index is 0.0250. The zero-order valence-electron chi connectivity index (χ0n) is 6.85. The molecule has 0 aliphatic rings. The topological polar surface area (TPSA) is 56.6 Å². The van der Waals surface area contributed by atoms with Crippen LogP contribution in [0.3, 0.4) is 0 Å². The van der Waals surface area contributed by atoms with Crippen molar-refractivity contribution in [2.45, 2.75) is 12.3 Å². The molecule has 0 atom stereocenters. The van der Waals surface area contributed by atoms with Gasteiger partial charge in [-0.15, -0.1) is 11.6 Å². The average molecular weight is 219 g/mol. The van der Waals surface area contributed by atoms with Crippen molar-refractivity contribution in [3.63, 3.8) is 0 Å². The lowest BCUT2D eigenvalue weighted by Crippen LogP contribution is -2.12. The highest BCUT2D eigenvalue weighted by Gasteiger charge is 2.17. The Kier molecular flexibility index (Phi) is 3.20. The zero-order chi connectivity index (χ0) is 10.7. The van der Waals surface area contributed by atoms with E-state index in [1.807, 2.05) is 0 Å². The molecule has 0 spiro atoms. The lowest BCUT2D eigenvalue weighted by Gasteiger charge is -2.05. The third kappa shape index (κ3) is 1.91. The summed E-state index contributed by atoms with van der Waals surface area (Å²) in [6, 6.07) is 2.30. The van der Waals surface area contributed by atoms with Crippen molar-refractivity contribution < 1.29 is 8.78 Å². The van der Waals surface area contributed by atoms with Crippen LogP contribution in [-0.2, 0) is 5.88 Å². The number of nitriles is 1. The third-order valence-corrected chi connectivity index (χ3v) is 1.90. The molecule has 14 heavy (non-hydrogen) atoms. The van der Waals surface area contributed by atoms with Gasteiger partial charge in [-0.2, -0.15) is 5.26 Å². The minimum Gasteiger partial charge on any atom is -0.324 e. The molecule has 0 bridgehead atoms. The number of pyridine rings is 1. The Balaban J connectivity index is 3.49. The van der Waals surface area contributed by atoms with E-state index < -0.39 is 17.5 Å². The first-order chi connectivity index (χ1) is 6.60. The Labute approximate surface area is 82.9 Å². The quantitative estimate of drug-likeness (QED) is 0.771. The van der Waals surface area contributed by atoms with Crippen molar-refractivity contribution in [3.05, 3.63) is 33.2 Å². The number of alkyl halides is 3. The van der Waals surface area contributed by atoms with Gasteiger partial charge in [-0.05, 0) is 0 Å². The molecule has 0 fully saturated rings. The average Bonchev–Trinajstić information content (AvgIpc) is 2.16. The highest BCUT2D eigenvalue weighted by atomic mass is 35.5. The lowest BCUT2D eigenvalue weighted by atomic mass is 10.1. The van der Waals surface area contributed by atoms with Gasteiger partial charge in [0.1, 0.15) is 6.07 Å². The number of halogens is 3. The van der Waals surface area contributed by atoms with E-state index in [0.29, 0.717) is 6.07 Å².